The number of para-hydroxylation sites is 2. The zero-order valence-electron chi connectivity index (χ0n) is 35.6. The van der Waals surface area contributed by atoms with Crippen LogP contribution in [0.3, 0.4) is 0 Å². The van der Waals surface area contributed by atoms with Crippen molar-refractivity contribution in [3.8, 4) is 22.3 Å². The van der Waals surface area contributed by atoms with Crippen molar-refractivity contribution in [2.45, 2.75) is 81.9 Å². The summed E-state index contributed by atoms with van der Waals surface area (Å²) in [6.07, 6.45) is 20.5. The second-order valence-corrected chi connectivity index (χ2v) is 19.8. The first kappa shape index (κ1) is 36.8. The maximum Gasteiger partial charge on any atom is 0.0598 e. The zero-order chi connectivity index (χ0) is 41.0. The summed E-state index contributed by atoms with van der Waals surface area (Å²) in [7, 11) is 0. The molecule has 2 nitrogen and oxygen atoms in total. The van der Waals surface area contributed by atoms with Gasteiger partial charge in [-0.2, -0.15) is 0 Å². The second-order valence-electron chi connectivity index (χ2n) is 18.7. The summed E-state index contributed by atoms with van der Waals surface area (Å²) in [6.45, 7) is 9.64. The molecular formula is C58H50N2S. The molecule has 0 aromatic heterocycles. The predicted octanol–water partition coefficient (Wildman–Crippen LogP) is 16.0. The largest absolute Gasteiger partial charge is 0.314 e. The van der Waals surface area contributed by atoms with Crippen LogP contribution in [0, 0.1) is 0 Å². The molecule has 0 unspecified atom stereocenters. The Balaban J connectivity index is 0.844. The van der Waals surface area contributed by atoms with Crippen molar-refractivity contribution in [3.05, 3.63) is 206 Å². The lowest BCUT2D eigenvalue weighted by molar-refractivity contribution is 0.660. The minimum atomic E-state index is -0.123. The number of fused-ring (bicyclic) bond motifs is 8. The van der Waals surface area contributed by atoms with E-state index in [-0.39, 0.29) is 10.8 Å². The van der Waals surface area contributed by atoms with Gasteiger partial charge in [0.1, 0.15) is 0 Å². The van der Waals surface area contributed by atoms with Crippen LogP contribution in [0.2, 0.25) is 0 Å². The Morgan fingerprint density at radius 2 is 1.02 bits per heavy atom. The lowest BCUT2D eigenvalue weighted by Gasteiger charge is -2.36. The number of benzene rings is 6. The van der Waals surface area contributed by atoms with Gasteiger partial charge < -0.3 is 9.80 Å². The summed E-state index contributed by atoms with van der Waals surface area (Å²) in [5.41, 5.74) is 24.2. The Morgan fingerprint density at radius 3 is 1.67 bits per heavy atom. The van der Waals surface area contributed by atoms with Crippen LogP contribution >= 0.6 is 11.8 Å². The van der Waals surface area contributed by atoms with Crippen molar-refractivity contribution in [2.24, 2.45) is 0 Å². The molecule has 0 radical (unpaired) electrons. The number of rotatable bonds is 4. The van der Waals surface area contributed by atoms with Crippen molar-refractivity contribution in [1.82, 2.24) is 0 Å². The maximum atomic E-state index is 2.58. The summed E-state index contributed by atoms with van der Waals surface area (Å²) in [4.78, 5) is 7.81. The first-order chi connectivity index (χ1) is 29.7. The first-order valence-corrected chi connectivity index (χ1v) is 23.1. The van der Waals surface area contributed by atoms with E-state index in [4.69, 9.17) is 0 Å². The molecule has 298 valence electrons. The summed E-state index contributed by atoms with van der Waals surface area (Å²) in [5, 5.41) is 0. The molecule has 0 fully saturated rings. The first-order valence-electron chi connectivity index (χ1n) is 22.2. The van der Waals surface area contributed by atoms with Gasteiger partial charge in [-0.05, 0) is 148 Å². The van der Waals surface area contributed by atoms with Crippen LogP contribution in [0.25, 0.3) is 34.4 Å². The molecular weight excluding hydrogens is 757 g/mol. The molecule has 0 saturated heterocycles. The van der Waals surface area contributed by atoms with Gasteiger partial charge in [0.2, 0.25) is 0 Å². The molecule has 6 aromatic carbocycles. The fourth-order valence-corrected chi connectivity index (χ4v) is 12.4. The maximum absolute atomic E-state index is 2.58. The van der Waals surface area contributed by atoms with Crippen LogP contribution in [0.15, 0.2) is 172 Å². The highest BCUT2D eigenvalue weighted by Crippen LogP contribution is 2.55. The molecule has 0 atom stereocenters. The average molecular weight is 807 g/mol. The molecule has 6 aliphatic rings. The third-order valence-electron chi connectivity index (χ3n) is 14.5. The molecule has 0 N–H and O–H groups in total. The van der Waals surface area contributed by atoms with Gasteiger partial charge in [-0.25, -0.2) is 0 Å². The Labute approximate surface area is 365 Å². The van der Waals surface area contributed by atoms with E-state index in [1.54, 1.807) is 0 Å². The molecule has 0 spiro atoms. The Hall–Kier alpha value is -6.03. The lowest BCUT2D eigenvalue weighted by Crippen LogP contribution is -2.23. The Kier molecular flexibility index (Phi) is 8.29. The SMILES string of the molecule is CC1(C)c2cc(/C=C/c3ccc4c(c3)C(C)(C)c3cc(N5C6=C(C=CCC6)Sc6ccccc65)ccc3-4)ccc2-c2ccc(N3C4=C(C=CCC4)CCc4ccccc43)cc21. The molecule has 6 aromatic rings. The van der Waals surface area contributed by atoms with E-state index < -0.39 is 0 Å². The zero-order valence-corrected chi connectivity index (χ0v) is 36.4. The van der Waals surface area contributed by atoms with Crippen LogP contribution < -0.4 is 9.80 Å². The standard InChI is InChI=1S/C58H50N2S/c1-57(2)47-33-37(23-29-43(47)45-31-27-41(35-49(45)57)59-51-15-7-5-13-39(51)25-26-40-14-6-8-16-52(40)59)21-22-38-24-30-44-46-32-28-42(36-50(46)58(3,4)48(44)34-38)60-53-17-9-11-19-55(53)61-56-20-12-10-18-54(56)60/h5-7,9,11-15,17,19-24,27-36H,8,10,16,18,25-26H2,1-4H3/b22-21+. The van der Waals surface area contributed by atoms with E-state index >= 15 is 0 Å². The number of hydrogen-bond acceptors (Lipinski definition) is 3. The van der Waals surface area contributed by atoms with Gasteiger partial charge >= 0.3 is 0 Å². The Morgan fingerprint density at radius 1 is 0.492 bits per heavy atom. The smallest absolute Gasteiger partial charge is 0.0598 e. The number of aryl methyl sites for hydroxylation is 1. The van der Waals surface area contributed by atoms with Crippen LogP contribution in [0.1, 0.15) is 98.7 Å². The normalized spacial score (nSPS) is 18.6. The van der Waals surface area contributed by atoms with E-state index in [1.165, 1.54) is 111 Å². The van der Waals surface area contributed by atoms with Gasteiger partial charge in [-0.15, -0.1) is 0 Å². The highest BCUT2D eigenvalue weighted by Gasteiger charge is 2.39. The predicted molar refractivity (Wildman–Crippen MR) is 259 cm³/mol. The molecule has 2 heterocycles. The van der Waals surface area contributed by atoms with Crippen molar-refractivity contribution in [1.29, 1.82) is 0 Å². The highest BCUT2D eigenvalue weighted by atomic mass is 32.2. The van der Waals surface area contributed by atoms with Crippen molar-refractivity contribution < 1.29 is 0 Å². The molecule has 12 rings (SSSR count). The lowest BCUT2D eigenvalue weighted by atomic mass is 9.81. The summed E-state index contributed by atoms with van der Waals surface area (Å²) in [5.74, 6) is 0. The minimum Gasteiger partial charge on any atom is -0.314 e. The summed E-state index contributed by atoms with van der Waals surface area (Å²) >= 11 is 1.91. The van der Waals surface area contributed by atoms with Gasteiger partial charge in [-0.1, -0.05) is 155 Å². The molecule has 0 saturated carbocycles. The van der Waals surface area contributed by atoms with Gasteiger partial charge in [0.25, 0.3) is 0 Å². The molecule has 0 bridgehead atoms. The van der Waals surface area contributed by atoms with Crippen LogP contribution in [0.5, 0.6) is 0 Å². The molecule has 61 heavy (non-hydrogen) atoms. The molecule has 2 aliphatic heterocycles. The van der Waals surface area contributed by atoms with Crippen LogP contribution in [0.4, 0.5) is 22.7 Å². The van der Waals surface area contributed by atoms with Crippen molar-refractivity contribution in [3.63, 3.8) is 0 Å². The molecule has 0 amide bonds. The number of thioether (sulfide) groups is 1. The van der Waals surface area contributed by atoms with E-state index in [9.17, 15) is 0 Å². The Bertz CT molecular complexity index is 3020. The monoisotopic (exact) mass is 806 g/mol. The second kappa shape index (κ2) is 13.7. The quantitative estimate of drug-likeness (QED) is 0.164. The minimum absolute atomic E-state index is 0.122. The van der Waals surface area contributed by atoms with Gasteiger partial charge in [0.15, 0.2) is 0 Å². The third-order valence-corrected chi connectivity index (χ3v) is 15.6. The van der Waals surface area contributed by atoms with E-state index in [0.717, 1.165) is 38.5 Å². The number of nitrogens with zero attached hydrogens (tertiary/aromatic N) is 2. The summed E-state index contributed by atoms with van der Waals surface area (Å²) < 4.78 is 0. The van der Waals surface area contributed by atoms with Gasteiger partial charge in [0.05, 0.1) is 5.69 Å². The van der Waals surface area contributed by atoms with Crippen molar-refractivity contribution in [2.75, 3.05) is 9.80 Å². The number of hydrogen-bond donors (Lipinski definition) is 0. The van der Waals surface area contributed by atoms with Gasteiger partial charge in [-0.3, -0.25) is 0 Å². The number of anilines is 4. The van der Waals surface area contributed by atoms with E-state index in [1.807, 2.05) is 11.8 Å². The summed E-state index contributed by atoms with van der Waals surface area (Å²) in [6, 6.07) is 46.6. The topological polar surface area (TPSA) is 6.48 Å². The molecule has 4 aliphatic carbocycles. The van der Waals surface area contributed by atoms with Crippen LogP contribution in [-0.4, -0.2) is 0 Å². The van der Waals surface area contributed by atoms with Gasteiger partial charge in [0, 0.05) is 49.1 Å². The van der Waals surface area contributed by atoms with E-state index in [2.05, 4.69) is 195 Å². The highest BCUT2D eigenvalue weighted by molar-refractivity contribution is 8.03. The van der Waals surface area contributed by atoms with E-state index in [0.29, 0.717) is 0 Å². The fourth-order valence-electron chi connectivity index (χ4n) is 11.2. The third kappa shape index (κ3) is 5.70. The average Bonchev–Trinajstić information content (AvgIpc) is 3.55. The van der Waals surface area contributed by atoms with Crippen LogP contribution in [-0.2, 0) is 17.3 Å². The fraction of sp³-hybridized carbons (Fsp3) is 0.207. The molecule has 3 heteroatoms. The number of allylic oxidation sites excluding steroid dienone is 7. The van der Waals surface area contributed by atoms with Crippen molar-refractivity contribution >= 4 is 46.7 Å².